The van der Waals surface area contributed by atoms with Crippen LogP contribution in [0.4, 0.5) is 0 Å². The number of nitrogens with two attached hydrogens (primary N) is 4. The first kappa shape index (κ1) is 49.4. The highest BCUT2D eigenvalue weighted by molar-refractivity contribution is 5.85. The van der Waals surface area contributed by atoms with Crippen LogP contribution in [0.25, 0.3) is 0 Å². The summed E-state index contributed by atoms with van der Waals surface area (Å²) in [6.07, 6.45) is 31.2. The van der Waals surface area contributed by atoms with Gasteiger partial charge in [0.1, 0.15) is 0 Å². The van der Waals surface area contributed by atoms with Gasteiger partial charge in [0, 0.05) is 39.3 Å². The Morgan fingerprint density at radius 1 is 0.481 bits per heavy atom. The highest BCUT2D eigenvalue weighted by atomic mass is 16.2. The minimum absolute atomic E-state index is 0.0186. The fourth-order valence-electron chi connectivity index (χ4n) is 6.41. The second-order valence-electron chi connectivity index (χ2n) is 14.6. The average molecular weight is 737 g/mol. The topological polar surface area (TPSA) is 193 Å². The quantitative estimate of drug-likeness (QED) is 0.0260. The average Bonchev–Trinajstić information content (AvgIpc) is 3.11. The summed E-state index contributed by atoms with van der Waals surface area (Å²) in [5.74, 6) is -0.0628. The number of carbonyl (C=O) groups is 2. The molecule has 0 radical (unpaired) electrons. The van der Waals surface area contributed by atoms with Crippen LogP contribution >= 0.6 is 0 Å². The Balaban J connectivity index is 4.54. The van der Waals surface area contributed by atoms with Crippen LogP contribution in [0.3, 0.4) is 0 Å². The van der Waals surface area contributed by atoms with Gasteiger partial charge in [-0.3, -0.25) is 24.5 Å². The van der Waals surface area contributed by atoms with Crippen molar-refractivity contribution >= 4 is 23.7 Å². The van der Waals surface area contributed by atoms with E-state index in [1.807, 2.05) is 4.90 Å². The Morgan fingerprint density at radius 2 is 0.846 bits per heavy atom. The summed E-state index contributed by atoms with van der Waals surface area (Å²) in [7, 11) is 0. The Bertz CT molecular complexity index is 828. The molecule has 12 heteroatoms. The lowest BCUT2D eigenvalue weighted by molar-refractivity contribution is -0.132. The van der Waals surface area contributed by atoms with Crippen molar-refractivity contribution in [2.45, 2.75) is 168 Å². The van der Waals surface area contributed by atoms with Crippen molar-refractivity contribution in [3.05, 3.63) is 0 Å². The predicted octanol–water partition coefficient (Wildman–Crippen LogP) is 5.77. The van der Waals surface area contributed by atoms with Crippen molar-refractivity contribution in [3.8, 4) is 0 Å². The Hall–Kier alpha value is -2.60. The van der Waals surface area contributed by atoms with Gasteiger partial charge >= 0.3 is 0 Å². The van der Waals surface area contributed by atoms with E-state index in [4.69, 9.17) is 22.9 Å². The van der Waals surface area contributed by atoms with Crippen molar-refractivity contribution < 1.29 is 9.59 Å². The number of unbranched alkanes of at least 4 members (excludes halogenated alkanes) is 22. The normalized spacial score (nSPS) is 11.1. The van der Waals surface area contributed by atoms with E-state index in [0.717, 1.165) is 38.8 Å². The van der Waals surface area contributed by atoms with Crippen LogP contribution in [0.15, 0.2) is 9.98 Å². The smallest absolute Gasteiger partial charge is 0.241 e. The van der Waals surface area contributed by atoms with Gasteiger partial charge in [-0.2, -0.15) is 0 Å². The molecule has 52 heavy (non-hydrogen) atoms. The molecule has 0 aliphatic carbocycles. The zero-order chi connectivity index (χ0) is 38.3. The number of guanidine groups is 2. The van der Waals surface area contributed by atoms with Crippen molar-refractivity contribution in [1.82, 2.24) is 20.4 Å². The van der Waals surface area contributed by atoms with E-state index in [-0.39, 0.29) is 36.8 Å². The molecular weight excluding hydrogens is 653 g/mol. The third-order valence-corrected chi connectivity index (χ3v) is 9.66. The predicted molar refractivity (Wildman–Crippen MR) is 222 cm³/mol. The SMILES string of the molecule is CCCCCCCCCCCCCCN(CCCCCCCCCCCCCC)C(=O)CNC(=O)CNCCN(CCN=C(N)N)CCN=C(N)N. The number of nitrogens with zero attached hydrogens (tertiary/aromatic N) is 4. The van der Waals surface area contributed by atoms with Crippen LogP contribution in [-0.4, -0.2) is 99.0 Å². The van der Waals surface area contributed by atoms with E-state index in [1.165, 1.54) is 128 Å². The molecule has 0 unspecified atom stereocenters. The van der Waals surface area contributed by atoms with Gasteiger partial charge in [0.05, 0.1) is 26.2 Å². The molecule has 0 aromatic heterocycles. The lowest BCUT2D eigenvalue weighted by atomic mass is 10.0. The van der Waals surface area contributed by atoms with Crippen LogP contribution < -0.4 is 33.6 Å². The lowest BCUT2D eigenvalue weighted by Gasteiger charge is -2.23. The summed E-state index contributed by atoms with van der Waals surface area (Å²) < 4.78 is 0. The maximum atomic E-state index is 13.3. The zero-order valence-electron chi connectivity index (χ0n) is 34.0. The van der Waals surface area contributed by atoms with Gasteiger partial charge in [0.15, 0.2) is 11.9 Å². The third-order valence-electron chi connectivity index (χ3n) is 9.66. The second kappa shape index (κ2) is 38.1. The number of amides is 2. The third kappa shape index (κ3) is 35.8. The molecule has 0 spiro atoms. The molecule has 0 saturated heterocycles. The van der Waals surface area contributed by atoms with Crippen LogP contribution in [0.5, 0.6) is 0 Å². The monoisotopic (exact) mass is 737 g/mol. The molecule has 306 valence electrons. The molecule has 0 saturated carbocycles. The molecule has 10 N–H and O–H groups in total. The second-order valence-corrected chi connectivity index (χ2v) is 14.6. The number of aliphatic imine (C=N–C) groups is 2. The summed E-state index contributed by atoms with van der Waals surface area (Å²) in [4.78, 5) is 38.1. The Kier molecular flexibility index (Phi) is 36.2. The zero-order valence-corrected chi connectivity index (χ0v) is 34.0. The van der Waals surface area contributed by atoms with E-state index in [9.17, 15) is 9.59 Å². The van der Waals surface area contributed by atoms with Gasteiger partial charge in [-0.1, -0.05) is 155 Å². The molecule has 0 heterocycles. The molecule has 12 nitrogen and oxygen atoms in total. The van der Waals surface area contributed by atoms with Gasteiger partial charge in [-0.15, -0.1) is 0 Å². The molecule has 0 atom stereocenters. The number of hydrogen-bond donors (Lipinski definition) is 6. The van der Waals surface area contributed by atoms with Gasteiger partial charge in [-0.05, 0) is 12.8 Å². The first-order valence-electron chi connectivity index (χ1n) is 21.4. The standard InChI is InChI=1S/C40H84N10O2/c1-3-5-7-9-11-13-15-17-19-21-23-25-30-50(31-26-24-22-20-18-16-14-12-10-8-6-4-2)38(52)36-48-37(51)35-45-27-32-49(33-28-46-39(41)42)34-29-47-40(43)44/h45H,3-36H2,1-2H3,(H,48,51)(H4,41,42,46)(H4,43,44,47). The van der Waals surface area contributed by atoms with E-state index < -0.39 is 0 Å². The van der Waals surface area contributed by atoms with E-state index >= 15 is 0 Å². The van der Waals surface area contributed by atoms with Gasteiger partial charge in [0.2, 0.25) is 11.8 Å². The minimum Gasteiger partial charge on any atom is -0.370 e. The lowest BCUT2D eigenvalue weighted by Crippen LogP contribution is -2.44. The largest absolute Gasteiger partial charge is 0.370 e. The first-order valence-corrected chi connectivity index (χ1v) is 21.4. The highest BCUT2D eigenvalue weighted by Gasteiger charge is 2.14. The van der Waals surface area contributed by atoms with Crippen LogP contribution in [0, 0.1) is 0 Å². The molecule has 0 aliphatic heterocycles. The summed E-state index contributed by atoms with van der Waals surface area (Å²) in [5, 5.41) is 6.01. The fourth-order valence-corrected chi connectivity index (χ4v) is 6.41. The minimum atomic E-state index is -0.184. The van der Waals surface area contributed by atoms with Crippen LogP contribution in [-0.2, 0) is 9.59 Å². The van der Waals surface area contributed by atoms with Crippen LogP contribution in [0.2, 0.25) is 0 Å². The summed E-state index contributed by atoms with van der Waals surface area (Å²) >= 11 is 0. The van der Waals surface area contributed by atoms with Crippen molar-refractivity contribution in [3.63, 3.8) is 0 Å². The summed E-state index contributed by atoms with van der Waals surface area (Å²) in [6.45, 7) is 9.70. The van der Waals surface area contributed by atoms with Gasteiger partial charge in [-0.25, -0.2) is 0 Å². The van der Waals surface area contributed by atoms with E-state index in [1.54, 1.807) is 0 Å². The van der Waals surface area contributed by atoms with E-state index in [2.05, 4.69) is 39.4 Å². The molecule has 0 aromatic carbocycles. The van der Waals surface area contributed by atoms with Gasteiger partial charge in [0.25, 0.3) is 0 Å². The summed E-state index contributed by atoms with van der Waals surface area (Å²) in [5.41, 5.74) is 21.8. The van der Waals surface area contributed by atoms with Crippen molar-refractivity contribution in [2.24, 2.45) is 32.9 Å². The molecular formula is C40H84N10O2. The molecule has 2 amide bonds. The van der Waals surface area contributed by atoms with Crippen LogP contribution in [0.1, 0.15) is 168 Å². The highest BCUT2D eigenvalue weighted by Crippen LogP contribution is 2.14. The summed E-state index contributed by atoms with van der Waals surface area (Å²) in [6, 6.07) is 0. The number of nitrogens with one attached hydrogen (secondary N) is 2. The molecule has 0 fully saturated rings. The van der Waals surface area contributed by atoms with E-state index in [0.29, 0.717) is 39.3 Å². The van der Waals surface area contributed by atoms with Gasteiger partial charge < -0.3 is 38.5 Å². The Morgan fingerprint density at radius 3 is 1.21 bits per heavy atom. The first-order chi connectivity index (χ1) is 25.3. The number of rotatable bonds is 39. The number of carbonyl (C=O) groups excluding carboxylic acids is 2. The molecule has 0 rings (SSSR count). The number of hydrogen-bond acceptors (Lipinski definition) is 6. The molecule has 0 aliphatic rings. The Labute approximate surface area is 319 Å². The van der Waals surface area contributed by atoms with Crippen molar-refractivity contribution in [1.29, 1.82) is 0 Å². The van der Waals surface area contributed by atoms with Crippen molar-refractivity contribution in [2.75, 3.05) is 65.4 Å². The fraction of sp³-hybridized carbons (Fsp3) is 0.900. The maximum absolute atomic E-state index is 13.3. The molecule has 0 bridgehead atoms. The molecule has 0 aromatic rings. The maximum Gasteiger partial charge on any atom is 0.241 e.